The highest BCUT2D eigenvalue weighted by Gasteiger charge is 2.24. The van der Waals surface area contributed by atoms with Crippen LogP contribution in [0.1, 0.15) is 31.1 Å². The number of amides is 1. The average molecular weight is 352 g/mol. The van der Waals surface area contributed by atoms with Crippen LogP contribution in [0.4, 0.5) is 0 Å². The second kappa shape index (κ2) is 8.47. The highest BCUT2D eigenvalue weighted by molar-refractivity contribution is 8.01. The number of hydrogen-bond donors (Lipinski definition) is 1. The summed E-state index contributed by atoms with van der Waals surface area (Å²) in [5.41, 5.74) is 1.67. The molecule has 0 radical (unpaired) electrons. The zero-order valence-electron chi connectivity index (χ0n) is 12.8. The summed E-state index contributed by atoms with van der Waals surface area (Å²) >= 11 is 2.86. The number of hydrogen-bond acceptors (Lipinski definition) is 7. The van der Waals surface area contributed by atoms with Crippen molar-refractivity contribution < 1.29 is 9.21 Å². The third-order valence-corrected chi connectivity index (χ3v) is 5.72. The molecule has 1 atom stereocenters. The fraction of sp³-hybridized carbons (Fsp3) is 0.533. The van der Waals surface area contributed by atoms with Crippen molar-refractivity contribution in [3.63, 3.8) is 0 Å². The number of furan rings is 1. The van der Waals surface area contributed by atoms with Crippen LogP contribution in [-0.2, 0) is 4.79 Å². The summed E-state index contributed by atoms with van der Waals surface area (Å²) in [5, 5.41) is 10.7. The Morgan fingerprint density at radius 2 is 2.30 bits per heavy atom. The van der Waals surface area contributed by atoms with E-state index in [4.69, 9.17) is 4.42 Å². The molecular formula is C15H20N4O2S2. The minimum atomic E-state index is 0.0127. The van der Waals surface area contributed by atoms with Gasteiger partial charge in [-0.3, -0.25) is 9.69 Å². The van der Waals surface area contributed by atoms with Crippen molar-refractivity contribution in [3.8, 4) is 0 Å². The van der Waals surface area contributed by atoms with Crippen molar-refractivity contribution in [2.75, 3.05) is 25.4 Å². The van der Waals surface area contributed by atoms with Crippen LogP contribution in [0, 0.1) is 0 Å². The van der Waals surface area contributed by atoms with Gasteiger partial charge >= 0.3 is 0 Å². The number of aromatic nitrogens is 2. The third-order valence-electron chi connectivity index (χ3n) is 3.86. The molecular weight excluding hydrogens is 332 g/mol. The van der Waals surface area contributed by atoms with Crippen LogP contribution in [0.2, 0.25) is 0 Å². The van der Waals surface area contributed by atoms with Crippen LogP contribution < -0.4 is 5.32 Å². The highest BCUT2D eigenvalue weighted by atomic mass is 32.2. The van der Waals surface area contributed by atoms with E-state index in [1.54, 1.807) is 11.8 Å². The molecule has 1 fully saturated rings. The van der Waals surface area contributed by atoms with Gasteiger partial charge in [0.05, 0.1) is 18.1 Å². The van der Waals surface area contributed by atoms with Gasteiger partial charge in [0, 0.05) is 6.54 Å². The predicted octanol–water partition coefficient (Wildman–Crippen LogP) is 2.57. The van der Waals surface area contributed by atoms with Crippen molar-refractivity contribution in [1.29, 1.82) is 0 Å². The van der Waals surface area contributed by atoms with Gasteiger partial charge in [0.15, 0.2) is 4.34 Å². The largest absolute Gasteiger partial charge is 0.468 e. The molecule has 1 unspecified atom stereocenters. The normalized spacial score (nSPS) is 17.0. The lowest BCUT2D eigenvalue weighted by atomic mass is 10.1. The van der Waals surface area contributed by atoms with E-state index in [2.05, 4.69) is 20.4 Å². The molecule has 1 N–H and O–H groups in total. The minimum absolute atomic E-state index is 0.0127. The number of carbonyl (C=O) groups excluding carboxylic acids is 1. The molecule has 3 heterocycles. The molecule has 0 saturated carbocycles. The molecule has 1 saturated heterocycles. The summed E-state index contributed by atoms with van der Waals surface area (Å²) in [6, 6.07) is 4.00. The second-order valence-corrected chi connectivity index (χ2v) is 7.48. The maximum Gasteiger partial charge on any atom is 0.230 e. The first-order valence-corrected chi connectivity index (χ1v) is 9.62. The quantitative estimate of drug-likeness (QED) is 0.772. The van der Waals surface area contributed by atoms with E-state index < -0.39 is 0 Å². The van der Waals surface area contributed by atoms with E-state index in [-0.39, 0.29) is 11.9 Å². The maximum atomic E-state index is 12.1. The first-order valence-electron chi connectivity index (χ1n) is 7.76. The molecule has 1 amide bonds. The molecule has 2 aromatic rings. The number of likely N-dealkylation sites (tertiary alicyclic amines) is 1. The maximum absolute atomic E-state index is 12.1. The molecule has 0 spiro atoms. The lowest BCUT2D eigenvalue weighted by molar-refractivity contribution is -0.118. The SMILES string of the molecule is O=C(CSc1nncs1)NCC(c1ccco1)N1CCCCC1. The van der Waals surface area contributed by atoms with Crippen molar-refractivity contribution in [2.24, 2.45) is 0 Å². The zero-order chi connectivity index (χ0) is 15.9. The van der Waals surface area contributed by atoms with Crippen LogP contribution in [0.15, 0.2) is 32.7 Å². The number of carbonyl (C=O) groups is 1. The van der Waals surface area contributed by atoms with E-state index >= 15 is 0 Å². The molecule has 3 rings (SSSR count). The fourth-order valence-corrected chi connectivity index (χ4v) is 4.05. The topological polar surface area (TPSA) is 71.3 Å². The second-order valence-electron chi connectivity index (χ2n) is 5.43. The van der Waals surface area contributed by atoms with Crippen LogP contribution in [-0.4, -0.2) is 46.4 Å². The Balaban J connectivity index is 1.52. The van der Waals surface area contributed by atoms with Gasteiger partial charge in [-0.15, -0.1) is 10.2 Å². The fourth-order valence-electron chi connectivity index (χ4n) is 2.74. The van der Waals surface area contributed by atoms with Crippen LogP contribution in [0.5, 0.6) is 0 Å². The summed E-state index contributed by atoms with van der Waals surface area (Å²) in [7, 11) is 0. The van der Waals surface area contributed by atoms with Crippen LogP contribution >= 0.6 is 23.1 Å². The van der Waals surface area contributed by atoms with Gasteiger partial charge in [0.2, 0.25) is 5.91 Å². The molecule has 6 nitrogen and oxygen atoms in total. The number of rotatable bonds is 7. The first kappa shape index (κ1) is 16.5. The summed E-state index contributed by atoms with van der Waals surface area (Å²) in [4.78, 5) is 14.5. The number of nitrogens with one attached hydrogen (secondary N) is 1. The lowest BCUT2D eigenvalue weighted by Crippen LogP contribution is -2.40. The molecule has 23 heavy (non-hydrogen) atoms. The van der Waals surface area contributed by atoms with Crippen molar-refractivity contribution in [3.05, 3.63) is 29.7 Å². The van der Waals surface area contributed by atoms with E-state index in [9.17, 15) is 4.79 Å². The van der Waals surface area contributed by atoms with Gasteiger partial charge in [0.1, 0.15) is 11.3 Å². The van der Waals surface area contributed by atoms with Gasteiger partial charge in [0.25, 0.3) is 0 Å². The Morgan fingerprint density at radius 1 is 1.43 bits per heavy atom. The zero-order valence-corrected chi connectivity index (χ0v) is 14.4. The molecule has 2 aromatic heterocycles. The Morgan fingerprint density at radius 3 is 3.00 bits per heavy atom. The third kappa shape index (κ3) is 4.79. The number of thioether (sulfide) groups is 1. The summed E-state index contributed by atoms with van der Waals surface area (Å²) < 4.78 is 6.40. The van der Waals surface area contributed by atoms with E-state index in [0.29, 0.717) is 12.3 Å². The summed E-state index contributed by atoms with van der Waals surface area (Å²) in [6.45, 7) is 2.69. The van der Waals surface area contributed by atoms with Crippen molar-refractivity contribution in [1.82, 2.24) is 20.4 Å². The highest BCUT2D eigenvalue weighted by Crippen LogP contribution is 2.24. The van der Waals surface area contributed by atoms with Crippen molar-refractivity contribution >= 4 is 29.0 Å². The Labute approximate surface area is 143 Å². The molecule has 0 aromatic carbocycles. The number of nitrogens with zero attached hydrogens (tertiary/aromatic N) is 3. The average Bonchev–Trinajstić information content (AvgIpc) is 3.28. The van der Waals surface area contributed by atoms with Gasteiger partial charge in [-0.1, -0.05) is 29.5 Å². The van der Waals surface area contributed by atoms with Crippen molar-refractivity contribution in [2.45, 2.75) is 29.6 Å². The molecule has 0 bridgehead atoms. The smallest absolute Gasteiger partial charge is 0.230 e. The van der Waals surface area contributed by atoms with Gasteiger partial charge in [-0.05, 0) is 38.1 Å². The van der Waals surface area contributed by atoms with Crippen LogP contribution in [0.25, 0.3) is 0 Å². The first-order chi connectivity index (χ1) is 11.3. The summed E-state index contributed by atoms with van der Waals surface area (Å²) in [6.07, 6.45) is 5.39. The predicted molar refractivity (Wildman–Crippen MR) is 90.5 cm³/mol. The number of piperidine rings is 1. The molecule has 124 valence electrons. The van der Waals surface area contributed by atoms with Gasteiger partial charge in [-0.25, -0.2) is 0 Å². The van der Waals surface area contributed by atoms with E-state index in [1.165, 1.54) is 42.4 Å². The molecule has 8 heteroatoms. The monoisotopic (exact) mass is 352 g/mol. The van der Waals surface area contributed by atoms with E-state index in [0.717, 1.165) is 23.2 Å². The van der Waals surface area contributed by atoms with Gasteiger partial charge in [-0.2, -0.15) is 0 Å². The van der Waals surface area contributed by atoms with E-state index in [1.807, 2.05) is 12.1 Å². The lowest BCUT2D eigenvalue weighted by Gasteiger charge is -2.33. The minimum Gasteiger partial charge on any atom is -0.468 e. The molecule has 1 aliphatic heterocycles. The molecule has 1 aliphatic rings. The van der Waals surface area contributed by atoms with Gasteiger partial charge < -0.3 is 9.73 Å². The Kier molecular flexibility index (Phi) is 6.06. The Bertz CT molecular complexity index is 583. The standard InChI is InChI=1S/C15H20N4O2S2/c20-14(10-22-15-18-17-11-23-15)16-9-12(13-5-4-8-21-13)19-6-2-1-3-7-19/h4-5,8,11-12H,1-3,6-7,9-10H2,(H,16,20). The van der Waals surface area contributed by atoms with Crippen LogP contribution in [0.3, 0.4) is 0 Å². The summed E-state index contributed by atoms with van der Waals surface area (Å²) in [5.74, 6) is 1.29. The molecule has 0 aliphatic carbocycles. The Hall–Kier alpha value is -1.38.